The maximum atomic E-state index is 13.1. The fraction of sp³-hybridized carbons (Fsp3) is 0.368. The van der Waals surface area contributed by atoms with E-state index in [1.54, 1.807) is 29.6 Å². The summed E-state index contributed by atoms with van der Waals surface area (Å²) in [6.07, 6.45) is -2.30. The second-order valence-electron chi connectivity index (χ2n) is 6.58. The molecule has 2 aromatic rings. The van der Waals surface area contributed by atoms with E-state index in [9.17, 15) is 31.5 Å². The van der Waals surface area contributed by atoms with Gasteiger partial charge in [-0.1, -0.05) is 34.8 Å². The van der Waals surface area contributed by atoms with Gasteiger partial charge in [0.05, 0.1) is 31.6 Å². The molecule has 0 radical (unpaired) electrons. The average Bonchev–Trinajstić information content (AvgIpc) is 2.74. The standard InChI is InChI=1S/C19H22F3N3O5S/c1-30-25(31(2,28)29)11-15-8-7-14(10-23-15)12-3-5-13(6-4-12)17(26)16(9-20)24-19(27)18(21)22/h3-8,10,16-18,26H,9,11H2,1-2H3,(H,24,27)/t16-,17-/m1/s1. The third kappa shape index (κ3) is 6.72. The summed E-state index contributed by atoms with van der Waals surface area (Å²) >= 11 is 0. The van der Waals surface area contributed by atoms with Crippen LogP contribution in [0.3, 0.4) is 0 Å². The van der Waals surface area contributed by atoms with E-state index in [2.05, 4.69) is 4.98 Å². The quantitative estimate of drug-likeness (QED) is 0.523. The largest absolute Gasteiger partial charge is 0.386 e. The van der Waals surface area contributed by atoms with Gasteiger partial charge < -0.3 is 10.4 Å². The summed E-state index contributed by atoms with van der Waals surface area (Å²) in [6, 6.07) is 7.98. The number of aliphatic hydroxyl groups excluding tert-OH is 1. The number of hydrogen-bond donors (Lipinski definition) is 2. The van der Waals surface area contributed by atoms with Crippen molar-refractivity contribution in [1.82, 2.24) is 14.8 Å². The summed E-state index contributed by atoms with van der Waals surface area (Å²) in [5, 5.41) is 12.0. The van der Waals surface area contributed by atoms with Crippen LogP contribution in [0, 0.1) is 0 Å². The molecule has 0 bridgehead atoms. The van der Waals surface area contributed by atoms with Gasteiger partial charge in [0.2, 0.25) is 10.0 Å². The Morgan fingerprint density at radius 1 is 1.19 bits per heavy atom. The lowest BCUT2D eigenvalue weighted by molar-refractivity contribution is -0.133. The van der Waals surface area contributed by atoms with Crippen LogP contribution in [0.15, 0.2) is 42.6 Å². The molecule has 0 aliphatic heterocycles. The van der Waals surface area contributed by atoms with Crippen LogP contribution < -0.4 is 5.32 Å². The van der Waals surface area contributed by atoms with Gasteiger partial charge in [0, 0.05) is 11.8 Å². The van der Waals surface area contributed by atoms with Gasteiger partial charge in [0.1, 0.15) is 12.8 Å². The third-order valence-electron chi connectivity index (χ3n) is 4.35. The predicted octanol–water partition coefficient (Wildman–Crippen LogP) is 1.82. The second kappa shape index (κ2) is 10.7. The van der Waals surface area contributed by atoms with Crippen LogP contribution in [0.5, 0.6) is 0 Å². The number of nitrogens with one attached hydrogen (secondary N) is 1. The molecule has 12 heteroatoms. The molecule has 0 saturated heterocycles. The number of alkyl halides is 3. The molecule has 2 N–H and O–H groups in total. The SMILES string of the molecule is CON(Cc1ccc(-c2ccc([C@@H](O)[C@@H](CF)NC(=O)C(F)F)cc2)cn1)S(C)(=O)=O. The lowest BCUT2D eigenvalue weighted by atomic mass is 9.99. The van der Waals surface area contributed by atoms with Crippen molar-refractivity contribution in [3.05, 3.63) is 53.9 Å². The van der Waals surface area contributed by atoms with E-state index < -0.39 is 41.2 Å². The van der Waals surface area contributed by atoms with Gasteiger partial charge in [0.25, 0.3) is 5.91 Å². The van der Waals surface area contributed by atoms with Crippen LogP contribution in [0.4, 0.5) is 13.2 Å². The Labute approximate surface area is 177 Å². The summed E-state index contributed by atoms with van der Waals surface area (Å²) in [6.45, 7) is -1.30. The fourth-order valence-corrected chi connectivity index (χ4v) is 3.33. The number of amides is 1. The van der Waals surface area contributed by atoms with Crippen molar-refractivity contribution in [2.75, 3.05) is 20.0 Å². The fourth-order valence-electron chi connectivity index (χ4n) is 2.69. The molecule has 0 saturated carbocycles. The van der Waals surface area contributed by atoms with Crippen molar-refractivity contribution in [1.29, 1.82) is 0 Å². The molecule has 2 atom stereocenters. The first kappa shape index (κ1) is 24.7. The third-order valence-corrected chi connectivity index (χ3v) is 5.37. The van der Waals surface area contributed by atoms with Gasteiger partial charge in [-0.25, -0.2) is 12.8 Å². The average molecular weight is 461 g/mol. The Morgan fingerprint density at radius 2 is 1.81 bits per heavy atom. The Hall–Kier alpha value is -2.54. The molecule has 1 aromatic heterocycles. The molecule has 31 heavy (non-hydrogen) atoms. The summed E-state index contributed by atoms with van der Waals surface area (Å²) < 4.78 is 61.7. The van der Waals surface area contributed by atoms with E-state index in [-0.39, 0.29) is 12.1 Å². The maximum Gasteiger partial charge on any atom is 0.315 e. The number of aliphatic hydroxyl groups is 1. The van der Waals surface area contributed by atoms with E-state index in [0.29, 0.717) is 16.8 Å². The number of pyridine rings is 1. The molecule has 0 fully saturated rings. The molecule has 1 heterocycles. The Balaban J connectivity index is 2.11. The molecule has 170 valence electrons. The van der Waals surface area contributed by atoms with Crippen molar-refractivity contribution in [3.8, 4) is 11.1 Å². The number of aromatic nitrogens is 1. The van der Waals surface area contributed by atoms with Crippen LogP contribution in [0.2, 0.25) is 0 Å². The number of halogens is 3. The van der Waals surface area contributed by atoms with Crippen LogP contribution >= 0.6 is 0 Å². The number of rotatable bonds is 10. The normalized spacial score (nSPS) is 13.9. The highest BCUT2D eigenvalue weighted by molar-refractivity contribution is 7.88. The monoisotopic (exact) mass is 461 g/mol. The molecule has 0 aliphatic rings. The minimum Gasteiger partial charge on any atom is -0.386 e. The van der Waals surface area contributed by atoms with Crippen molar-refractivity contribution in [2.24, 2.45) is 0 Å². The Kier molecular flexibility index (Phi) is 8.51. The van der Waals surface area contributed by atoms with Crippen molar-refractivity contribution < 1.29 is 36.3 Å². The van der Waals surface area contributed by atoms with Gasteiger partial charge in [-0.2, -0.15) is 8.78 Å². The van der Waals surface area contributed by atoms with Crippen LogP contribution in [-0.4, -0.2) is 61.4 Å². The molecule has 0 aliphatic carbocycles. The molecular weight excluding hydrogens is 439 g/mol. The number of carbonyl (C=O) groups excluding carboxylic acids is 1. The van der Waals surface area contributed by atoms with Crippen molar-refractivity contribution in [2.45, 2.75) is 25.1 Å². The van der Waals surface area contributed by atoms with Gasteiger partial charge >= 0.3 is 6.43 Å². The highest BCUT2D eigenvalue weighted by Crippen LogP contribution is 2.24. The lowest BCUT2D eigenvalue weighted by Crippen LogP contribution is -2.43. The molecule has 1 aromatic carbocycles. The smallest absolute Gasteiger partial charge is 0.315 e. The van der Waals surface area contributed by atoms with E-state index in [4.69, 9.17) is 4.84 Å². The molecule has 8 nitrogen and oxygen atoms in total. The highest BCUT2D eigenvalue weighted by Gasteiger charge is 2.26. The first-order chi connectivity index (χ1) is 14.6. The second-order valence-corrected chi connectivity index (χ2v) is 8.45. The van der Waals surface area contributed by atoms with E-state index >= 15 is 0 Å². The van der Waals surface area contributed by atoms with Gasteiger partial charge in [-0.15, -0.1) is 0 Å². The van der Waals surface area contributed by atoms with Crippen LogP contribution in [-0.2, 0) is 26.2 Å². The van der Waals surface area contributed by atoms with Crippen LogP contribution in [0.25, 0.3) is 11.1 Å². The summed E-state index contributed by atoms with van der Waals surface area (Å²) in [4.78, 5) is 20.1. The number of nitrogens with zero attached hydrogens (tertiary/aromatic N) is 2. The van der Waals surface area contributed by atoms with Gasteiger partial charge in [0.15, 0.2) is 0 Å². The predicted molar refractivity (Wildman–Crippen MR) is 106 cm³/mol. The number of sulfonamides is 1. The summed E-state index contributed by atoms with van der Waals surface area (Å²) in [7, 11) is -2.32. The summed E-state index contributed by atoms with van der Waals surface area (Å²) in [5.41, 5.74) is 2.05. The molecule has 0 spiro atoms. The zero-order valence-electron chi connectivity index (χ0n) is 16.7. The van der Waals surface area contributed by atoms with Crippen molar-refractivity contribution in [3.63, 3.8) is 0 Å². The van der Waals surface area contributed by atoms with Gasteiger partial charge in [-0.3, -0.25) is 14.6 Å². The van der Waals surface area contributed by atoms with E-state index in [1.165, 1.54) is 25.4 Å². The van der Waals surface area contributed by atoms with Crippen LogP contribution in [0.1, 0.15) is 17.4 Å². The molecule has 1 amide bonds. The topological polar surface area (TPSA) is 109 Å². The molecule has 0 unspecified atom stereocenters. The summed E-state index contributed by atoms with van der Waals surface area (Å²) in [5.74, 6) is -1.66. The van der Waals surface area contributed by atoms with Crippen molar-refractivity contribution >= 4 is 15.9 Å². The number of carbonyl (C=O) groups is 1. The minimum absolute atomic E-state index is 0.0737. The number of hydroxylamine groups is 1. The molecular formula is C19H22F3N3O5S. The zero-order valence-corrected chi connectivity index (χ0v) is 17.5. The Bertz CT molecular complexity index is 972. The first-order valence-corrected chi connectivity index (χ1v) is 10.8. The maximum absolute atomic E-state index is 13.1. The zero-order chi connectivity index (χ0) is 23.2. The van der Waals surface area contributed by atoms with E-state index in [1.807, 2.05) is 0 Å². The molecule has 2 rings (SSSR count). The lowest BCUT2D eigenvalue weighted by Gasteiger charge is -2.22. The van der Waals surface area contributed by atoms with E-state index in [0.717, 1.165) is 10.7 Å². The number of hydrogen-bond acceptors (Lipinski definition) is 6. The first-order valence-electron chi connectivity index (χ1n) is 8.96. The van der Waals surface area contributed by atoms with Gasteiger partial charge in [-0.05, 0) is 17.2 Å². The highest BCUT2D eigenvalue weighted by atomic mass is 32.2. The Morgan fingerprint density at radius 3 is 2.26 bits per heavy atom. The number of benzene rings is 1. The minimum atomic E-state index is -3.56.